The highest BCUT2D eigenvalue weighted by molar-refractivity contribution is 7.89. The van der Waals surface area contributed by atoms with Crippen LogP contribution >= 0.6 is 0 Å². The van der Waals surface area contributed by atoms with Gasteiger partial charge in [0.1, 0.15) is 5.82 Å². The predicted octanol–water partition coefficient (Wildman–Crippen LogP) is 0.589. The molecule has 7 heteroatoms. The van der Waals surface area contributed by atoms with Crippen LogP contribution in [0, 0.1) is 5.82 Å². The molecular formula is C11H16FN3O2S. The van der Waals surface area contributed by atoms with Gasteiger partial charge >= 0.3 is 0 Å². The molecule has 0 spiro atoms. The molecule has 1 saturated heterocycles. The third-order valence-corrected chi connectivity index (χ3v) is 3.93. The molecule has 2 rings (SSSR count). The number of likely N-dealkylation sites (tertiary alicyclic amines) is 1. The van der Waals surface area contributed by atoms with Crippen molar-refractivity contribution in [3.8, 4) is 0 Å². The molecule has 0 aromatic heterocycles. The number of anilines is 1. The Balaban J connectivity index is 2.15. The summed E-state index contributed by atoms with van der Waals surface area (Å²) in [5.74, 6) is -0.601. The average Bonchev–Trinajstić information content (AvgIpc) is 2.65. The number of halogens is 1. The Labute approximate surface area is 106 Å². The molecule has 0 amide bonds. The Morgan fingerprint density at radius 2 is 2.22 bits per heavy atom. The summed E-state index contributed by atoms with van der Waals surface area (Å²) in [7, 11) is -1.85. The van der Waals surface area contributed by atoms with Crippen LogP contribution < -0.4 is 10.5 Å². The molecule has 0 radical (unpaired) electrons. The van der Waals surface area contributed by atoms with Crippen molar-refractivity contribution in [1.82, 2.24) is 4.90 Å². The highest BCUT2D eigenvalue weighted by Crippen LogP contribution is 2.21. The lowest BCUT2D eigenvalue weighted by Gasteiger charge is -2.15. The Morgan fingerprint density at radius 3 is 2.72 bits per heavy atom. The molecule has 3 N–H and O–H groups in total. The van der Waals surface area contributed by atoms with Crippen molar-refractivity contribution < 1.29 is 12.8 Å². The largest absolute Gasteiger partial charge is 0.379 e. The molecule has 1 unspecified atom stereocenters. The minimum Gasteiger partial charge on any atom is -0.379 e. The minimum absolute atomic E-state index is 0.185. The summed E-state index contributed by atoms with van der Waals surface area (Å²) in [6.45, 7) is 1.81. The summed E-state index contributed by atoms with van der Waals surface area (Å²) >= 11 is 0. The molecule has 0 aliphatic carbocycles. The van der Waals surface area contributed by atoms with Gasteiger partial charge in [0.15, 0.2) is 0 Å². The molecule has 5 nitrogen and oxygen atoms in total. The molecule has 1 fully saturated rings. The van der Waals surface area contributed by atoms with Crippen molar-refractivity contribution >= 4 is 15.7 Å². The monoisotopic (exact) mass is 273 g/mol. The number of rotatable bonds is 3. The van der Waals surface area contributed by atoms with Gasteiger partial charge < -0.3 is 10.2 Å². The summed E-state index contributed by atoms with van der Waals surface area (Å²) < 4.78 is 35.9. The van der Waals surface area contributed by atoms with E-state index in [4.69, 9.17) is 5.14 Å². The second-order valence-electron chi connectivity index (χ2n) is 4.58. The summed E-state index contributed by atoms with van der Waals surface area (Å²) in [5.41, 5.74) is 0.308. The molecule has 0 bridgehead atoms. The molecule has 1 aliphatic heterocycles. The lowest BCUT2D eigenvalue weighted by molar-refractivity contribution is 0.414. The van der Waals surface area contributed by atoms with Crippen LogP contribution in [0.4, 0.5) is 10.1 Å². The fraction of sp³-hybridized carbons (Fsp3) is 0.455. The normalized spacial score (nSPS) is 21.2. The number of sulfonamides is 1. The summed E-state index contributed by atoms with van der Waals surface area (Å²) in [6, 6.07) is 3.84. The maximum Gasteiger partial charge on any atom is 0.238 e. The number of likely N-dealkylation sites (N-methyl/N-ethyl adjacent to an activating group) is 1. The fourth-order valence-corrected chi connectivity index (χ4v) is 2.59. The van der Waals surface area contributed by atoms with E-state index in [1.807, 2.05) is 7.05 Å². The van der Waals surface area contributed by atoms with E-state index in [2.05, 4.69) is 10.2 Å². The van der Waals surface area contributed by atoms with Crippen molar-refractivity contribution in [2.75, 3.05) is 25.5 Å². The Bertz CT molecular complexity index is 547. The van der Waals surface area contributed by atoms with E-state index < -0.39 is 15.8 Å². The Hall–Kier alpha value is -1.18. The third kappa shape index (κ3) is 2.98. The molecule has 0 saturated carbocycles. The topological polar surface area (TPSA) is 75.4 Å². The first-order valence-electron chi connectivity index (χ1n) is 5.64. The van der Waals surface area contributed by atoms with E-state index >= 15 is 0 Å². The lowest BCUT2D eigenvalue weighted by atomic mass is 10.2. The van der Waals surface area contributed by atoms with Gasteiger partial charge in [-0.1, -0.05) is 0 Å². The van der Waals surface area contributed by atoms with Gasteiger partial charge in [0.2, 0.25) is 10.0 Å². The number of nitrogens with two attached hydrogens (primary N) is 1. The van der Waals surface area contributed by atoms with Crippen molar-refractivity contribution in [1.29, 1.82) is 0 Å². The SMILES string of the molecule is CN1CCC(Nc2ccc(S(N)(=O)=O)cc2F)C1. The van der Waals surface area contributed by atoms with Crippen LogP contribution in [0.15, 0.2) is 23.1 Å². The van der Waals surface area contributed by atoms with Gasteiger partial charge in [-0.15, -0.1) is 0 Å². The second kappa shape index (κ2) is 4.83. The lowest BCUT2D eigenvalue weighted by Crippen LogP contribution is -2.24. The number of hydrogen-bond donors (Lipinski definition) is 2. The molecular weight excluding hydrogens is 257 g/mol. The second-order valence-corrected chi connectivity index (χ2v) is 6.14. The Kier molecular flexibility index (Phi) is 3.56. The molecule has 1 aliphatic rings. The maximum atomic E-state index is 13.7. The highest BCUT2D eigenvalue weighted by atomic mass is 32.2. The van der Waals surface area contributed by atoms with Crippen molar-refractivity contribution in [2.24, 2.45) is 5.14 Å². The molecule has 1 aromatic rings. The van der Waals surface area contributed by atoms with Crippen molar-refractivity contribution in [3.63, 3.8) is 0 Å². The van der Waals surface area contributed by atoms with E-state index in [0.717, 1.165) is 25.6 Å². The molecule has 18 heavy (non-hydrogen) atoms. The quantitative estimate of drug-likeness (QED) is 0.845. The fourth-order valence-electron chi connectivity index (χ4n) is 2.06. The van der Waals surface area contributed by atoms with Crippen LogP contribution in [-0.4, -0.2) is 39.5 Å². The van der Waals surface area contributed by atoms with Gasteiger partial charge in [0.05, 0.1) is 10.6 Å². The summed E-state index contributed by atoms with van der Waals surface area (Å²) in [6.07, 6.45) is 0.937. The number of nitrogens with zero attached hydrogens (tertiary/aromatic N) is 1. The minimum atomic E-state index is -3.85. The van der Waals surface area contributed by atoms with Gasteiger partial charge in [0, 0.05) is 12.6 Å². The van der Waals surface area contributed by atoms with E-state index in [-0.39, 0.29) is 10.9 Å². The molecule has 1 atom stereocenters. The van der Waals surface area contributed by atoms with Crippen LogP contribution in [-0.2, 0) is 10.0 Å². The van der Waals surface area contributed by atoms with Crippen LogP contribution in [0.5, 0.6) is 0 Å². The van der Waals surface area contributed by atoms with Crippen molar-refractivity contribution in [2.45, 2.75) is 17.4 Å². The van der Waals surface area contributed by atoms with Crippen LogP contribution in [0.2, 0.25) is 0 Å². The van der Waals surface area contributed by atoms with E-state index in [9.17, 15) is 12.8 Å². The zero-order chi connectivity index (χ0) is 13.3. The molecule has 1 heterocycles. The van der Waals surface area contributed by atoms with Crippen LogP contribution in [0.3, 0.4) is 0 Å². The average molecular weight is 273 g/mol. The Morgan fingerprint density at radius 1 is 1.50 bits per heavy atom. The van der Waals surface area contributed by atoms with Crippen LogP contribution in [0.1, 0.15) is 6.42 Å². The van der Waals surface area contributed by atoms with Gasteiger partial charge in [-0.2, -0.15) is 0 Å². The molecule has 1 aromatic carbocycles. The van der Waals surface area contributed by atoms with Crippen LogP contribution in [0.25, 0.3) is 0 Å². The predicted molar refractivity (Wildman–Crippen MR) is 67.3 cm³/mol. The van der Waals surface area contributed by atoms with Gasteiger partial charge in [0.25, 0.3) is 0 Å². The highest BCUT2D eigenvalue weighted by Gasteiger charge is 2.20. The van der Waals surface area contributed by atoms with Crippen molar-refractivity contribution in [3.05, 3.63) is 24.0 Å². The van der Waals surface area contributed by atoms with Gasteiger partial charge in [-0.3, -0.25) is 0 Å². The first-order chi connectivity index (χ1) is 8.36. The smallest absolute Gasteiger partial charge is 0.238 e. The van der Waals surface area contributed by atoms with Gasteiger partial charge in [-0.25, -0.2) is 17.9 Å². The molecule has 100 valence electrons. The van der Waals surface area contributed by atoms with E-state index in [0.29, 0.717) is 5.69 Å². The maximum absolute atomic E-state index is 13.7. The number of hydrogen-bond acceptors (Lipinski definition) is 4. The summed E-state index contributed by atoms with van der Waals surface area (Å²) in [5, 5.41) is 8.00. The van der Waals surface area contributed by atoms with E-state index in [1.54, 1.807) is 0 Å². The third-order valence-electron chi connectivity index (χ3n) is 3.02. The number of nitrogens with one attached hydrogen (secondary N) is 1. The first kappa shape index (κ1) is 13.3. The zero-order valence-electron chi connectivity index (χ0n) is 10.1. The zero-order valence-corrected chi connectivity index (χ0v) is 10.9. The van der Waals surface area contributed by atoms with E-state index in [1.165, 1.54) is 12.1 Å². The number of primary sulfonamides is 1. The van der Waals surface area contributed by atoms with Gasteiger partial charge in [-0.05, 0) is 38.2 Å². The first-order valence-corrected chi connectivity index (χ1v) is 7.18. The number of benzene rings is 1. The standard InChI is InChI=1S/C11H16FN3O2S/c1-15-5-4-8(7-15)14-11-3-2-9(6-10(11)12)18(13,16)17/h2-3,6,8,14H,4-5,7H2,1H3,(H2,13,16,17). The summed E-state index contributed by atoms with van der Waals surface area (Å²) in [4.78, 5) is 1.93.